The molecular formula is C24H31N7. The van der Waals surface area contributed by atoms with Crippen molar-refractivity contribution in [2.24, 2.45) is 4.99 Å². The molecule has 0 amide bonds. The molecule has 1 saturated heterocycles. The second-order valence-corrected chi connectivity index (χ2v) is 7.60. The molecule has 3 heterocycles. The van der Waals surface area contributed by atoms with Gasteiger partial charge in [-0.2, -0.15) is 0 Å². The predicted molar refractivity (Wildman–Crippen MR) is 125 cm³/mol. The number of anilines is 1. The maximum Gasteiger partial charge on any atom is 0.194 e. The van der Waals surface area contributed by atoms with Crippen molar-refractivity contribution >= 4 is 11.8 Å². The maximum absolute atomic E-state index is 4.90. The summed E-state index contributed by atoms with van der Waals surface area (Å²) in [4.78, 5) is 18.6. The molecule has 0 unspecified atom stereocenters. The van der Waals surface area contributed by atoms with Gasteiger partial charge in [-0.25, -0.2) is 9.97 Å². The summed E-state index contributed by atoms with van der Waals surface area (Å²) in [7, 11) is 0. The molecule has 0 aliphatic carbocycles. The van der Waals surface area contributed by atoms with Gasteiger partial charge in [0.2, 0.25) is 0 Å². The van der Waals surface area contributed by atoms with E-state index in [4.69, 9.17) is 4.99 Å². The van der Waals surface area contributed by atoms with E-state index < -0.39 is 0 Å². The van der Waals surface area contributed by atoms with Crippen LogP contribution in [0.1, 0.15) is 18.3 Å². The first-order chi connectivity index (χ1) is 15.3. The Hall–Kier alpha value is -3.35. The molecule has 0 atom stereocenters. The standard InChI is InChI=1S/C24H31N7/c1-2-25-24(30-18-16-29(17-19-30)22-10-6-7-12-26-22)28-13-11-23-27-14-15-31(23)20-21-8-4-3-5-9-21/h3-10,12,14-15H,2,11,13,16-20H2,1H3,(H,25,28). The number of aromatic nitrogens is 3. The summed E-state index contributed by atoms with van der Waals surface area (Å²) in [5.74, 6) is 3.11. The monoisotopic (exact) mass is 417 g/mol. The molecule has 1 fully saturated rings. The lowest BCUT2D eigenvalue weighted by molar-refractivity contribution is 0.371. The molecule has 3 aromatic rings. The fraction of sp³-hybridized carbons (Fsp3) is 0.375. The largest absolute Gasteiger partial charge is 0.357 e. The van der Waals surface area contributed by atoms with E-state index in [1.165, 1.54) is 5.56 Å². The Labute approximate surface area is 184 Å². The third kappa shape index (κ3) is 5.63. The SMILES string of the molecule is CCNC(=NCCc1nccn1Cc1ccccc1)N1CCN(c2ccccn2)CC1. The molecule has 0 bridgehead atoms. The van der Waals surface area contributed by atoms with Gasteiger partial charge in [0, 0.05) is 70.8 Å². The molecule has 1 aliphatic heterocycles. The van der Waals surface area contributed by atoms with Gasteiger partial charge in [0.1, 0.15) is 11.6 Å². The first-order valence-electron chi connectivity index (χ1n) is 11.1. The summed E-state index contributed by atoms with van der Waals surface area (Å²) < 4.78 is 2.21. The minimum Gasteiger partial charge on any atom is -0.357 e. The fourth-order valence-electron chi connectivity index (χ4n) is 3.87. The lowest BCUT2D eigenvalue weighted by Crippen LogP contribution is -2.52. The van der Waals surface area contributed by atoms with Gasteiger partial charge in [0.15, 0.2) is 5.96 Å². The number of aliphatic imine (C=N–C) groups is 1. The first-order valence-corrected chi connectivity index (χ1v) is 11.1. The number of nitrogens with zero attached hydrogens (tertiary/aromatic N) is 6. The minimum absolute atomic E-state index is 0.717. The second kappa shape index (κ2) is 10.6. The Bertz CT molecular complexity index is 944. The van der Waals surface area contributed by atoms with Crippen LogP contribution in [-0.4, -0.2) is 64.7 Å². The molecule has 2 aromatic heterocycles. The van der Waals surface area contributed by atoms with Crippen molar-refractivity contribution < 1.29 is 0 Å². The van der Waals surface area contributed by atoms with E-state index in [-0.39, 0.29) is 0 Å². The molecule has 1 aliphatic rings. The van der Waals surface area contributed by atoms with E-state index in [1.54, 1.807) is 0 Å². The van der Waals surface area contributed by atoms with E-state index in [2.05, 4.69) is 66.9 Å². The van der Waals surface area contributed by atoms with Gasteiger partial charge in [-0.1, -0.05) is 36.4 Å². The first kappa shape index (κ1) is 20.9. The summed E-state index contributed by atoms with van der Waals surface area (Å²) in [5.41, 5.74) is 1.28. The van der Waals surface area contributed by atoms with Crippen molar-refractivity contribution in [3.05, 3.63) is 78.5 Å². The Morgan fingerprint density at radius 2 is 1.77 bits per heavy atom. The van der Waals surface area contributed by atoms with Crippen molar-refractivity contribution in [2.75, 3.05) is 44.2 Å². The average Bonchev–Trinajstić information content (AvgIpc) is 3.26. The summed E-state index contributed by atoms with van der Waals surface area (Å²) in [6.07, 6.45) is 6.61. The van der Waals surface area contributed by atoms with E-state index in [1.807, 2.05) is 36.8 Å². The molecule has 0 saturated carbocycles. The second-order valence-electron chi connectivity index (χ2n) is 7.60. The van der Waals surface area contributed by atoms with Crippen molar-refractivity contribution in [1.29, 1.82) is 0 Å². The highest BCUT2D eigenvalue weighted by atomic mass is 15.4. The van der Waals surface area contributed by atoms with Crippen molar-refractivity contribution in [2.45, 2.75) is 19.9 Å². The highest BCUT2D eigenvalue weighted by Gasteiger charge is 2.20. The van der Waals surface area contributed by atoms with Crippen LogP contribution < -0.4 is 10.2 Å². The zero-order valence-electron chi connectivity index (χ0n) is 18.2. The van der Waals surface area contributed by atoms with Crippen LogP contribution in [0.15, 0.2) is 72.1 Å². The number of benzene rings is 1. The number of pyridine rings is 1. The Kier molecular flexibility index (Phi) is 7.16. The van der Waals surface area contributed by atoms with Crippen molar-refractivity contribution in [3.8, 4) is 0 Å². The molecule has 162 valence electrons. The molecule has 31 heavy (non-hydrogen) atoms. The van der Waals surface area contributed by atoms with Crippen LogP contribution in [0.5, 0.6) is 0 Å². The van der Waals surface area contributed by atoms with E-state index in [0.717, 1.165) is 63.3 Å². The summed E-state index contributed by atoms with van der Waals surface area (Å²) in [6.45, 7) is 8.31. The average molecular weight is 418 g/mol. The van der Waals surface area contributed by atoms with Gasteiger partial charge in [0.05, 0.1) is 0 Å². The normalized spacial score (nSPS) is 14.7. The molecule has 0 spiro atoms. The van der Waals surface area contributed by atoms with Crippen LogP contribution in [0.2, 0.25) is 0 Å². The van der Waals surface area contributed by atoms with Crippen LogP contribution in [0, 0.1) is 0 Å². The molecule has 7 heteroatoms. The number of nitrogens with one attached hydrogen (secondary N) is 1. The Morgan fingerprint density at radius 1 is 0.968 bits per heavy atom. The van der Waals surface area contributed by atoms with Gasteiger partial charge in [-0.3, -0.25) is 4.99 Å². The van der Waals surface area contributed by atoms with Crippen LogP contribution in [0.3, 0.4) is 0 Å². The van der Waals surface area contributed by atoms with Gasteiger partial charge < -0.3 is 19.7 Å². The van der Waals surface area contributed by atoms with Crippen molar-refractivity contribution in [3.63, 3.8) is 0 Å². The summed E-state index contributed by atoms with van der Waals surface area (Å²) in [6, 6.07) is 16.6. The van der Waals surface area contributed by atoms with Gasteiger partial charge in [-0.15, -0.1) is 0 Å². The van der Waals surface area contributed by atoms with E-state index in [0.29, 0.717) is 6.54 Å². The summed E-state index contributed by atoms with van der Waals surface area (Å²) >= 11 is 0. The van der Waals surface area contributed by atoms with Crippen molar-refractivity contribution in [1.82, 2.24) is 24.8 Å². The highest BCUT2D eigenvalue weighted by Crippen LogP contribution is 2.13. The number of imidazole rings is 1. The van der Waals surface area contributed by atoms with Gasteiger partial charge >= 0.3 is 0 Å². The quantitative estimate of drug-likeness (QED) is 0.473. The lowest BCUT2D eigenvalue weighted by atomic mass is 10.2. The molecule has 4 rings (SSSR count). The smallest absolute Gasteiger partial charge is 0.194 e. The number of hydrogen-bond acceptors (Lipinski definition) is 4. The van der Waals surface area contributed by atoms with Crippen LogP contribution in [0.25, 0.3) is 0 Å². The number of rotatable bonds is 7. The zero-order chi connectivity index (χ0) is 21.3. The fourth-order valence-corrected chi connectivity index (χ4v) is 3.87. The Morgan fingerprint density at radius 3 is 2.52 bits per heavy atom. The molecule has 1 aromatic carbocycles. The van der Waals surface area contributed by atoms with Crippen LogP contribution in [0.4, 0.5) is 5.82 Å². The van der Waals surface area contributed by atoms with E-state index >= 15 is 0 Å². The number of piperazine rings is 1. The molecular weight excluding hydrogens is 386 g/mol. The van der Waals surface area contributed by atoms with Gasteiger partial charge in [-0.05, 0) is 24.6 Å². The van der Waals surface area contributed by atoms with Crippen LogP contribution in [-0.2, 0) is 13.0 Å². The minimum atomic E-state index is 0.717. The molecule has 0 radical (unpaired) electrons. The lowest BCUT2D eigenvalue weighted by Gasteiger charge is -2.37. The van der Waals surface area contributed by atoms with Gasteiger partial charge in [0.25, 0.3) is 0 Å². The molecule has 7 nitrogen and oxygen atoms in total. The Balaban J connectivity index is 1.33. The van der Waals surface area contributed by atoms with E-state index in [9.17, 15) is 0 Å². The van der Waals surface area contributed by atoms with Crippen LogP contribution >= 0.6 is 0 Å². The highest BCUT2D eigenvalue weighted by molar-refractivity contribution is 5.80. The zero-order valence-corrected chi connectivity index (χ0v) is 18.2. The third-order valence-electron chi connectivity index (χ3n) is 5.48. The topological polar surface area (TPSA) is 61.6 Å². The predicted octanol–water partition coefficient (Wildman–Crippen LogP) is 2.66. The molecule has 1 N–H and O–H groups in total. The maximum atomic E-state index is 4.90. The number of guanidine groups is 1. The number of hydrogen-bond donors (Lipinski definition) is 1. The third-order valence-corrected chi connectivity index (χ3v) is 5.48. The summed E-state index contributed by atoms with van der Waals surface area (Å²) in [5, 5.41) is 3.46.